The zero-order valence-corrected chi connectivity index (χ0v) is 11.6. The number of hydrogen-bond acceptors (Lipinski definition) is 3. The molecule has 19 heavy (non-hydrogen) atoms. The second-order valence-corrected chi connectivity index (χ2v) is 6.11. The van der Waals surface area contributed by atoms with E-state index in [1.54, 1.807) is 23.0 Å². The Morgan fingerprint density at radius 3 is 2.58 bits per heavy atom. The highest BCUT2D eigenvalue weighted by atomic mass is 32.2. The molecule has 1 aromatic carbocycles. The first-order valence-electron chi connectivity index (χ1n) is 6.21. The molecular formula is C13H17N3O2S. The van der Waals surface area contributed by atoms with E-state index in [2.05, 4.69) is 9.82 Å². The monoisotopic (exact) mass is 279 g/mol. The number of sulfonamides is 1. The van der Waals surface area contributed by atoms with E-state index >= 15 is 0 Å². The van der Waals surface area contributed by atoms with Gasteiger partial charge in [0, 0.05) is 18.1 Å². The van der Waals surface area contributed by atoms with Crippen molar-refractivity contribution in [2.24, 2.45) is 0 Å². The summed E-state index contributed by atoms with van der Waals surface area (Å²) in [7, 11) is -3.24. The zero-order chi connectivity index (χ0) is 13.7. The van der Waals surface area contributed by atoms with E-state index in [1.165, 1.54) is 0 Å². The molecule has 0 spiro atoms. The van der Waals surface area contributed by atoms with Gasteiger partial charge >= 0.3 is 0 Å². The lowest BCUT2D eigenvalue weighted by atomic mass is 10.3. The Balaban J connectivity index is 2.07. The highest BCUT2D eigenvalue weighted by Crippen LogP contribution is 2.14. The van der Waals surface area contributed by atoms with Crippen LogP contribution in [0.25, 0.3) is 5.69 Å². The third kappa shape index (κ3) is 3.82. The number of aromatic nitrogens is 2. The minimum Gasteiger partial charge on any atom is -0.284 e. The molecule has 1 aromatic heterocycles. The van der Waals surface area contributed by atoms with Crippen LogP contribution in [0.3, 0.4) is 0 Å². The molecule has 1 N–H and O–H groups in total. The van der Waals surface area contributed by atoms with Gasteiger partial charge in [-0.25, -0.2) is 13.1 Å². The Bertz CT molecular complexity index is 604. The molecule has 5 nitrogen and oxygen atoms in total. The molecule has 0 radical (unpaired) electrons. The molecule has 0 amide bonds. The fraction of sp³-hybridized carbons (Fsp3) is 0.308. The van der Waals surface area contributed by atoms with Gasteiger partial charge in [0.05, 0.1) is 11.4 Å². The lowest BCUT2D eigenvalue weighted by Gasteiger charge is -2.08. The van der Waals surface area contributed by atoms with Crippen LogP contribution in [0.1, 0.15) is 19.8 Å². The summed E-state index contributed by atoms with van der Waals surface area (Å²) in [5.41, 5.74) is 1.47. The van der Waals surface area contributed by atoms with Gasteiger partial charge in [0.2, 0.25) is 10.0 Å². The summed E-state index contributed by atoms with van der Waals surface area (Å²) in [6.45, 7) is 1.97. The summed E-state index contributed by atoms with van der Waals surface area (Å²) in [5, 5.41) is 4.11. The van der Waals surface area contributed by atoms with Gasteiger partial charge in [-0.05, 0) is 36.8 Å². The van der Waals surface area contributed by atoms with Crippen LogP contribution in [0.2, 0.25) is 0 Å². The molecule has 0 saturated heterocycles. The molecule has 0 aliphatic rings. The Morgan fingerprint density at radius 1 is 1.26 bits per heavy atom. The average molecular weight is 279 g/mol. The lowest BCUT2D eigenvalue weighted by molar-refractivity contribution is 0.598. The van der Waals surface area contributed by atoms with Crippen LogP contribution >= 0.6 is 0 Å². The van der Waals surface area contributed by atoms with Crippen LogP contribution in [-0.2, 0) is 10.0 Å². The SMILES string of the molecule is CCCCS(=O)(=O)Nc1ccc(-n2cccn2)cc1. The van der Waals surface area contributed by atoms with E-state index in [0.717, 1.165) is 12.1 Å². The molecule has 0 fully saturated rings. The van der Waals surface area contributed by atoms with Gasteiger partial charge in [0.25, 0.3) is 0 Å². The summed E-state index contributed by atoms with van der Waals surface area (Å²) in [6.07, 6.45) is 5.06. The molecule has 2 aromatic rings. The third-order valence-corrected chi connectivity index (χ3v) is 4.05. The smallest absolute Gasteiger partial charge is 0.232 e. The second kappa shape index (κ2) is 5.88. The van der Waals surface area contributed by atoms with Gasteiger partial charge in [0.1, 0.15) is 0 Å². The number of rotatable bonds is 6. The number of unbranched alkanes of at least 4 members (excludes halogenated alkanes) is 1. The molecule has 0 atom stereocenters. The Morgan fingerprint density at radius 2 is 2.00 bits per heavy atom. The Labute approximate surface area is 113 Å². The predicted molar refractivity (Wildman–Crippen MR) is 75.9 cm³/mol. The largest absolute Gasteiger partial charge is 0.284 e. The first-order chi connectivity index (χ1) is 9.11. The minimum absolute atomic E-state index is 0.157. The first-order valence-corrected chi connectivity index (χ1v) is 7.86. The van der Waals surface area contributed by atoms with Crippen molar-refractivity contribution in [3.63, 3.8) is 0 Å². The van der Waals surface area contributed by atoms with Gasteiger partial charge < -0.3 is 0 Å². The number of benzene rings is 1. The highest BCUT2D eigenvalue weighted by molar-refractivity contribution is 7.92. The third-order valence-electron chi connectivity index (χ3n) is 2.68. The molecule has 2 rings (SSSR count). The van der Waals surface area contributed by atoms with Gasteiger partial charge in [-0.15, -0.1) is 0 Å². The molecule has 0 bridgehead atoms. The first kappa shape index (κ1) is 13.6. The van der Waals surface area contributed by atoms with E-state index in [9.17, 15) is 8.42 Å². The maximum absolute atomic E-state index is 11.7. The Kier molecular flexibility index (Phi) is 4.21. The maximum atomic E-state index is 11.7. The van der Waals surface area contributed by atoms with Gasteiger partial charge in [-0.2, -0.15) is 5.10 Å². The second-order valence-electron chi connectivity index (χ2n) is 4.27. The van der Waals surface area contributed by atoms with Crippen LogP contribution in [0.5, 0.6) is 0 Å². The fourth-order valence-corrected chi connectivity index (χ4v) is 2.93. The Hall–Kier alpha value is -1.82. The van der Waals surface area contributed by atoms with E-state index in [-0.39, 0.29) is 5.75 Å². The quantitative estimate of drug-likeness (QED) is 0.883. The van der Waals surface area contributed by atoms with Crippen molar-refractivity contribution in [3.05, 3.63) is 42.7 Å². The molecule has 102 valence electrons. The molecule has 0 saturated carbocycles. The van der Waals surface area contributed by atoms with E-state index in [1.807, 2.05) is 31.3 Å². The van der Waals surface area contributed by atoms with E-state index < -0.39 is 10.0 Å². The number of nitrogens with zero attached hydrogens (tertiary/aromatic N) is 2. The number of hydrogen-bond donors (Lipinski definition) is 1. The normalized spacial score (nSPS) is 11.4. The predicted octanol–water partition coefficient (Wildman–Crippen LogP) is 2.41. The molecule has 6 heteroatoms. The maximum Gasteiger partial charge on any atom is 0.232 e. The number of anilines is 1. The van der Waals surface area contributed by atoms with Crippen LogP contribution in [0, 0.1) is 0 Å². The molecule has 0 aliphatic heterocycles. The zero-order valence-electron chi connectivity index (χ0n) is 10.8. The molecule has 1 heterocycles. The summed E-state index contributed by atoms with van der Waals surface area (Å²) in [4.78, 5) is 0. The van der Waals surface area contributed by atoms with Crippen LogP contribution in [-0.4, -0.2) is 24.0 Å². The summed E-state index contributed by atoms with van der Waals surface area (Å²) >= 11 is 0. The summed E-state index contributed by atoms with van der Waals surface area (Å²) in [5.74, 6) is 0.157. The van der Waals surface area contributed by atoms with Crippen molar-refractivity contribution < 1.29 is 8.42 Å². The van der Waals surface area contributed by atoms with E-state index in [0.29, 0.717) is 12.1 Å². The van der Waals surface area contributed by atoms with Gasteiger partial charge in [0.15, 0.2) is 0 Å². The fourth-order valence-electron chi connectivity index (χ4n) is 1.67. The van der Waals surface area contributed by atoms with Gasteiger partial charge in [-0.3, -0.25) is 4.72 Å². The standard InChI is InChI=1S/C13H17N3O2S/c1-2-3-11-19(17,18)15-12-5-7-13(8-6-12)16-10-4-9-14-16/h4-10,15H,2-3,11H2,1H3. The molecule has 0 unspecified atom stereocenters. The van der Waals surface area contributed by atoms with Crippen molar-refractivity contribution in [1.82, 2.24) is 9.78 Å². The summed E-state index contributed by atoms with van der Waals surface area (Å²) in [6, 6.07) is 8.96. The van der Waals surface area contributed by atoms with Crippen LogP contribution in [0.4, 0.5) is 5.69 Å². The van der Waals surface area contributed by atoms with Crippen molar-refractivity contribution in [2.45, 2.75) is 19.8 Å². The van der Waals surface area contributed by atoms with Crippen molar-refractivity contribution in [1.29, 1.82) is 0 Å². The lowest BCUT2D eigenvalue weighted by Crippen LogP contribution is -2.16. The van der Waals surface area contributed by atoms with Crippen molar-refractivity contribution in [2.75, 3.05) is 10.5 Å². The molecule has 0 aliphatic carbocycles. The average Bonchev–Trinajstić information content (AvgIpc) is 2.91. The summed E-state index contributed by atoms with van der Waals surface area (Å²) < 4.78 is 27.8. The van der Waals surface area contributed by atoms with Crippen LogP contribution in [0.15, 0.2) is 42.7 Å². The van der Waals surface area contributed by atoms with Crippen molar-refractivity contribution >= 4 is 15.7 Å². The minimum atomic E-state index is -3.24. The number of nitrogens with one attached hydrogen (secondary N) is 1. The van der Waals surface area contributed by atoms with Crippen molar-refractivity contribution in [3.8, 4) is 5.69 Å². The highest BCUT2D eigenvalue weighted by Gasteiger charge is 2.09. The topological polar surface area (TPSA) is 64.0 Å². The van der Waals surface area contributed by atoms with Crippen LogP contribution < -0.4 is 4.72 Å². The van der Waals surface area contributed by atoms with Gasteiger partial charge in [-0.1, -0.05) is 13.3 Å². The van der Waals surface area contributed by atoms with E-state index in [4.69, 9.17) is 0 Å². The molecular weight excluding hydrogens is 262 g/mol.